The van der Waals surface area contributed by atoms with Gasteiger partial charge in [0.05, 0.1) is 17.2 Å². The monoisotopic (exact) mass is 498 g/mol. The Kier molecular flexibility index (Phi) is 5.09. The Hall–Kier alpha value is -3.19. The molecule has 2 aliphatic heterocycles. The third kappa shape index (κ3) is 3.50. The zero-order chi connectivity index (χ0) is 24.4. The SMILES string of the molecule is CS(=O)(=O)N[C@@H]1CN2C(=O)N(c3noc4cccc(-c5c(F)cccc5F)c34)CC[C@@H]2C1(F)F. The van der Waals surface area contributed by atoms with E-state index < -0.39 is 52.2 Å². The van der Waals surface area contributed by atoms with Gasteiger partial charge in [0.25, 0.3) is 5.92 Å². The van der Waals surface area contributed by atoms with E-state index in [2.05, 4.69) is 5.16 Å². The predicted molar refractivity (Wildman–Crippen MR) is 114 cm³/mol. The molecule has 34 heavy (non-hydrogen) atoms. The van der Waals surface area contributed by atoms with Crippen LogP contribution in [0.15, 0.2) is 40.9 Å². The van der Waals surface area contributed by atoms with Gasteiger partial charge in [-0.15, -0.1) is 0 Å². The molecule has 2 aromatic carbocycles. The van der Waals surface area contributed by atoms with Gasteiger partial charge in [-0.3, -0.25) is 4.90 Å². The molecule has 0 saturated carbocycles. The summed E-state index contributed by atoms with van der Waals surface area (Å²) in [6.07, 6.45) is 0.574. The van der Waals surface area contributed by atoms with Crippen LogP contribution in [-0.4, -0.2) is 61.9 Å². The van der Waals surface area contributed by atoms with Gasteiger partial charge in [0.1, 0.15) is 23.7 Å². The molecule has 2 saturated heterocycles. The molecule has 180 valence electrons. The minimum Gasteiger partial charge on any atom is -0.354 e. The number of hydrogen-bond acceptors (Lipinski definition) is 5. The van der Waals surface area contributed by atoms with Gasteiger partial charge < -0.3 is 9.42 Å². The van der Waals surface area contributed by atoms with E-state index in [-0.39, 0.29) is 40.9 Å². The van der Waals surface area contributed by atoms with Crippen molar-refractivity contribution < 1.29 is 35.3 Å². The molecule has 1 aromatic heterocycles. The first-order chi connectivity index (χ1) is 16.0. The molecule has 13 heteroatoms. The highest BCUT2D eigenvalue weighted by Gasteiger charge is 2.60. The zero-order valence-electron chi connectivity index (χ0n) is 17.6. The van der Waals surface area contributed by atoms with Crippen molar-refractivity contribution in [1.82, 2.24) is 14.8 Å². The Morgan fingerprint density at radius 3 is 2.50 bits per heavy atom. The summed E-state index contributed by atoms with van der Waals surface area (Å²) in [6.45, 7) is -0.735. The maximum absolute atomic E-state index is 14.9. The number of aromatic nitrogens is 1. The molecule has 2 atom stereocenters. The van der Waals surface area contributed by atoms with Gasteiger partial charge in [-0.05, 0) is 24.6 Å². The van der Waals surface area contributed by atoms with Crippen molar-refractivity contribution in [2.75, 3.05) is 24.2 Å². The number of benzene rings is 2. The van der Waals surface area contributed by atoms with E-state index in [9.17, 15) is 30.8 Å². The third-order valence-corrected chi connectivity index (χ3v) is 6.80. The van der Waals surface area contributed by atoms with Crippen LogP contribution in [-0.2, 0) is 10.0 Å². The van der Waals surface area contributed by atoms with Crippen LogP contribution in [0.25, 0.3) is 22.1 Å². The number of nitrogens with one attached hydrogen (secondary N) is 1. The predicted octanol–water partition coefficient (Wildman–Crippen LogP) is 3.34. The first-order valence-corrected chi connectivity index (χ1v) is 12.1. The average molecular weight is 498 g/mol. The van der Waals surface area contributed by atoms with Gasteiger partial charge in [0.2, 0.25) is 10.0 Å². The Morgan fingerprint density at radius 1 is 1.15 bits per heavy atom. The number of rotatable bonds is 4. The van der Waals surface area contributed by atoms with Gasteiger partial charge in [-0.2, -0.15) is 0 Å². The number of anilines is 1. The van der Waals surface area contributed by atoms with E-state index in [1.807, 2.05) is 4.72 Å². The van der Waals surface area contributed by atoms with Crippen molar-refractivity contribution >= 4 is 32.8 Å². The summed E-state index contributed by atoms with van der Waals surface area (Å²) in [7, 11) is -3.95. The number of carbonyl (C=O) groups excluding carboxylic acids is 1. The number of nitrogens with zero attached hydrogens (tertiary/aromatic N) is 3. The second kappa shape index (κ2) is 7.67. The molecule has 0 aliphatic carbocycles. The van der Waals surface area contributed by atoms with Gasteiger partial charge >= 0.3 is 6.03 Å². The lowest BCUT2D eigenvalue weighted by Gasteiger charge is -2.37. The van der Waals surface area contributed by atoms with Crippen LogP contribution in [0.2, 0.25) is 0 Å². The molecular formula is C21H18F4N4O4S. The van der Waals surface area contributed by atoms with Crippen LogP contribution >= 0.6 is 0 Å². The third-order valence-electron chi connectivity index (χ3n) is 6.09. The van der Waals surface area contributed by atoms with Crippen molar-refractivity contribution in [2.45, 2.75) is 24.4 Å². The van der Waals surface area contributed by atoms with E-state index in [4.69, 9.17) is 4.52 Å². The van der Waals surface area contributed by atoms with Gasteiger partial charge in [0.15, 0.2) is 11.4 Å². The summed E-state index contributed by atoms with van der Waals surface area (Å²) in [5.74, 6) is -5.23. The number of alkyl halides is 2. The van der Waals surface area contributed by atoms with Crippen molar-refractivity contribution in [1.29, 1.82) is 0 Å². The number of halogens is 4. The lowest BCUT2D eigenvalue weighted by molar-refractivity contribution is -0.0448. The molecule has 3 aromatic rings. The lowest BCUT2D eigenvalue weighted by atomic mass is 9.99. The molecular weight excluding hydrogens is 480 g/mol. The average Bonchev–Trinajstić information content (AvgIpc) is 3.27. The highest BCUT2D eigenvalue weighted by Crippen LogP contribution is 2.43. The quantitative estimate of drug-likeness (QED) is 0.557. The first-order valence-electron chi connectivity index (χ1n) is 10.2. The van der Waals surface area contributed by atoms with Crippen molar-refractivity contribution in [3.63, 3.8) is 0 Å². The molecule has 0 spiro atoms. The van der Waals surface area contributed by atoms with E-state index in [1.54, 1.807) is 0 Å². The lowest BCUT2D eigenvalue weighted by Crippen LogP contribution is -2.56. The molecule has 1 N–H and O–H groups in total. The van der Waals surface area contributed by atoms with E-state index in [0.717, 1.165) is 28.2 Å². The summed E-state index contributed by atoms with van der Waals surface area (Å²) in [5.41, 5.74) is -0.110. The van der Waals surface area contributed by atoms with Gasteiger partial charge in [-0.1, -0.05) is 23.4 Å². The zero-order valence-corrected chi connectivity index (χ0v) is 18.5. The van der Waals surface area contributed by atoms with Crippen LogP contribution in [0.1, 0.15) is 6.42 Å². The Bertz CT molecular complexity index is 1390. The maximum Gasteiger partial charge on any atom is 0.326 e. The fraction of sp³-hybridized carbons (Fsp3) is 0.333. The number of urea groups is 1. The van der Waals surface area contributed by atoms with E-state index in [0.29, 0.717) is 0 Å². The maximum atomic E-state index is 14.9. The van der Waals surface area contributed by atoms with E-state index >= 15 is 0 Å². The van der Waals surface area contributed by atoms with Crippen LogP contribution in [0.4, 0.5) is 28.2 Å². The van der Waals surface area contributed by atoms with Crippen molar-refractivity contribution in [3.8, 4) is 11.1 Å². The van der Waals surface area contributed by atoms with Crippen LogP contribution in [0.3, 0.4) is 0 Å². The number of fused-ring (bicyclic) bond motifs is 2. The summed E-state index contributed by atoms with van der Waals surface area (Å²) in [4.78, 5) is 15.2. The van der Waals surface area contributed by atoms with Crippen LogP contribution in [0.5, 0.6) is 0 Å². The molecule has 0 bridgehead atoms. The normalized spacial score (nSPS) is 22.4. The Balaban J connectivity index is 1.56. The number of sulfonamides is 1. The summed E-state index contributed by atoms with van der Waals surface area (Å²) in [5, 5.41) is 4.05. The highest BCUT2D eigenvalue weighted by atomic mass is 32.2. The highest BCUT2D eigenvalue weighted by molar-refractivity contribution is 7.88. The largest absolute Gasteiger partial charge is 0.354 e. The smallest absolute Gasteiger partial charge is 0.326 e. The fourth-order valence-corrected chi connectivity index (χ4v) is 5.39. The number of hydrogen-bond donors (Lipinski definition) is 1. The topological polar surface area (TPSA) is 95.8 Å². The Labute approximate surface area is 191 Å². The minimum absolute atomic E-state index is 0.0699. The summed E-state index contributed by atoms with van der Waals surface area (Å²) < 4.78 is 89.1. The molecule has 0 unspecified atom stereocenters. The summed E-state index contributed by atoms with van der Waals surface area (Å²) in [6, 6.07) is 3.70. The standard InChI is InChI=1S/C21H18F4N4O4S/c1-34(31,32)27-15-10-29-16(21(15,24)25)8-9-28(20(29)30)19-18-11(4-2-7-14(18)33-26-19)17-12(22)5-3-6-13(17)23/h2-7,15-16,27H,8-10H2,1H3/t15-,16-/m1/s1. The molecule has 3 heterocycles. The Morgan fingerprint density at radius 2 is 1.82 bits per heavy atom. The van der Waals surface area contributed by atoms with E-state index in [1.165, 1.54) is 24.3 Å². The number of carbonyl (C=O) groups is 1. The van der Waals surface area contributed by atoms with Crippen molar-refractivity contribution in [3.05, 3.63) is 48.0 Å². The first kappa shape index (κ1) is 22.6. The minimum atomic E-state index is -3.95. The van der Waals surface area contributed by atoms with Crippen LogP contribution in [0, 0.1) is 11.6 Å². The molecule has 2 amide bonds. The summed E-state index contributed by atoms with van der Waals surface area (Å²) >= 11 is 0. The molecule has 8 nitrogen and oxygen atoms in total. The molecule has 0 radical (unpaired) electrons. The van der Waals surface area contributed by atoms with Crippen molar-refractivity contribution in [2.24, 2.45) is 0 Å². The van der Waals surface area contributed by atoms with Gasteiger partial charge in [0, 0.05) is 18.7 Å². The fourth-order valence-electron chi connectivity index (χ4n) is 4.64. The second-order valence-electron chi connectivity index (χ2n) is 8.29. The number of amides is 2. The second-order valence-corrected chi connectivity index (χ2v) is 10.1. The van der Waals surface area contributed by atoms with Gasteiger partial charge in [-0.25, -0.2) is 35.5 Å². The molecule has 2 fully saturated rings. The molecule has 2 aliphatic rings. The molecule has 5 rings (SSSR count). The van der Waals surface area contributed by atoms with Crippen LogP contribution < -0.4 is 9.62 Å².